The van der Waals surface area contributed by atoms with Gasteiger partial charge in [0, 0.05) is 17.4 Å². The Labute approximate surface area is 154 Å². The van der Waals surface area contributed by atoms with Gasteiger partial charge in [0.05, 0.1) is 12.7 Å². The highest BCUT2D eigenvalue weighted by Crippen LogP contribution is 2.54. The summed E-state index contributed by atoms with van der Waals surface area (Å²) >= 11 is 0. The Morgan fingerprint density at radius 1 is 1.42 bits per heavy atom. The third-order valence-corrected chi connectivity index (χ3v) is 6.55. The van der Waals surface area contributed by atoms with Crippen LogP contribution >= 0.6 is 0 Å². The smallest absolute Gasteiger partial charge is 0.229 e. The van der Waals surface area contributed by atoms with Crippen LogP contribution < -0.4 is 15.4 Å². The minimum absolute atomic E-state index is 0.0862. The van der Waals surface area contributed by atoms with Crippen molar-refractivity contribution in [3.05, 3.63) is 29.3 Å². The molecule has 142 valence electrons. The van der Waals surface area contributed by atoms with E-state index in [4.69, 9.17) is 4.74 Å². The van der Waals surface area contributed by atoms with Crippen molar-refractivity contribution in [2.24, 2.45) is 5.92 Å². The van der Waals surface area contributed by atoms with Gasteiger partial charge >= 0.3 is 0 Å². The standard InChI is InChI=1S/C20H28N2O4/c1-13-4-5-16(26-3)10-17(13)19-8-9-21-14(2)20(19,25)7-6-15(11-19)18(24)22-12-23/h4-5,10,12,14-15,21,25H,6-9,11H2,1-3H3,(H,22,23,24). The highest BCUT2D eigenvalue weighted by Gasteiger charge is 2.60. The molecule has 2 amide bonds. The van der Waals surface area contributed by atoms with Crippen molar-refractivity contribution < 1.29 is 19.4 Å². The van der Waals surface area contributed by atoms with Crippen LogP contribution in [-0.4, -0.2) is 42.7 Å². The zero-order chi connectivity index (χ0) is 18.9. The van der Waals surface area contributed by atoms with E-state index in [0.29, 0.717) is 25.7 Å². The molecule has 1 saturated carbocycles. The molecule has 0 aromatic heterocycles. The van der Waals surface area contributed by atoms with Crippen LogP contribution in [0.1, 0.15) is 43.7 Å². The van der Waals surface area contributed by atoms with E-state index in [1.165, 1.54) is 0 Å². The number of rotatable bonds is 4. The van der Waals surface area contributed by atoms with Crippen molar-refractivity contribution in [3.8, 4) is 5.75 Å². The molecule has 1 aliphatic heterocycles. The normalized spacial score (nSPS) is 33.8. The van der Waals surface area contributed by atoms with Crippen LogP contribution in [0, 0.1) is 12.8 Å². The van der Waals surface area contributed by atoms with Crippen molar-refractivity contribution in [1.29, 1.82) is 0 Å². The lowest BCUT2D eigenvalue weighted by molar-refractivity contribution is -0.144. The number of methoxy groups -OCH3 is 1. The molecule has 2 fully saturated rings. The van der Waals surface area contributed by atoms with E-state index < -0.39 is 11.0 Å². The summed E-state index contributed by atoms with van der Waals surface area (Å²) < 4.78 is 5.43. The lowest BCUT2D eigenvalue weighted by Gasteiger charge is -2.58. The van der Waals surface area contributed by atoms with E-state index in [9.17, 15) is 14.7 Å². The lowest BCUT2D eigenvalue weighted by atomic mass is 9.51. The minimum Gasteiger partial charge on any atom is -0.497 e. The molecule has 6 heteroatoms. The molecule has 0 spiro atoms. The second-order valence-corrected chi connectivity index (χ2v) is 7.68. The van der Waals surface area contributed by atoms with Gasteiger partial charge in [-0.1, -0.05) is 6.07 Å². The van der Waals surface area contributed by atoms with Gasteiger partial charge in [-0.05, 0) is 69.3 Å². The summed E-state index contributed by atoms with van der Waals surface area (Å²) in [6.45, 7) is 4.81. The Hall–Kier alpha value is -1.92. The number of carbonyl (C=O) groups is 2. The van der Waals surface area contributed by atoms with Crippen molar-refractivity contribution in [3.63, 3.8) is 0 Å². The van der Waals surface area contributed by atoms with Gasteiger partial charge in [0.1, 0.15) is 5.75 Å². The number of amides is 2. The number of imide groups is 1. The molecular weight excluding hydrogens is 332 g/mol. The summed E-state index contributed by atoms with van der Waals surface area (Å²) in [5.41, 5.74) is 0.603. The van der Waals surface area contributed by atoms with E-state index in [2.05, 4.69) is 10.6 Å². The Bertz CT molecular complexity index is 707. The third-order valence-electron chi connectivity index (χ3n) is 6.55. The highest BCUT2D eigenvalue weighted by atomic mass is 16.5. The molecule has 3 rings (SSSR count). The molecule has 26 heavy (non-hydrogen) atoms. The Kier molecular flexibility index (Phi) is 5.08. The summed E-state index contributed by atoms with van der Waals surface area (Å²) in [6, 6.07) is 5.83. The van der Waals surface area contributed by atoms with Gasteiger partial charge in [-0.3, -0.25) is 14.9 Å². The summed E-state index contributed by atoms with van der Waals surface area (Å²) in [5, 5.41) is 17.5. The van der Waals surface area contributed by atoms with Crippen LogP contribution in [0.3, 0.4) is 0 Å². The lowest BCUT2D eigenvalue weighted by Crippen LogP contribution is -2.69. The summed E-state index contributed by atoms with van der Waals surface area (Å²) in [5.74, 6) is 0.192. The van der Waals surface area contributed by atoms with Gasteiger partial charge < -0.3 is 15.2 Å². The minimum atomic E-state index is -0.958. The SMILES string of the molecule is COc1ccc(C)c(C23CCNC(C)C2(O)CCC(C(=O)NC=O)C3)c1. The highest BCUT2D eigenvalue weighted by molar-refractivity contribution is 5.87. The summed E-state index contributed by atoms with van der Waals surface area (Å²) in [6.07, 6.45) is 2.76. The first-order chi connectivity index (χ1) is 12.4. The van der Waals surface area contributed by atoms with Crippen molar-refractivity contribution >= 4 is 12.3 Å². The molecule has 4 unspecified atom stereocenters. The topological polar surface area (TPSA) is 87.7 Å². The molecule has 0 bridgehead atoms. The van der Waals surface area contributed by atoms with E-state index in [1.54, 1.807) is 7.11 Å². The zero-order valence-corrected chi connectivity index (χ0v) is 15.7. The molecular formula is C20H28N2O4. The van der Waals surface area contributed by atoms with E-state index in [1.807, 2.05) is 32.0 Å². The largest absolute Gasteiger partial charge is 0.497 e. The van der Waals surface area contributed by atoms with Gasteiger partial charge in [-0.25, -0.2) is 0 Å². The second-order valence-electron chi connectivity index (χ2n) is 7.68. The quantitative estimate of drug-likeness (QED) is 0.707. The van der Waals surface area contributed by atoms with Crippen LogP contribution in [0.5, 0.6) is 5.75 Å². The number of hydrogen-bond donors (Lipinski definition) is 3. The Morgan fingerprint density at radius 3 is 2.88 bits per heavy atom. The summed E-state index contributed by atoms with van der Waals surface area (Å²) in [4.78, 5) is 23.1. The van der Waals surface area contributed by atoms with Gasteiger partial charge in [0.25, 0.3) is 0 Å². The first-order valence-corrected chi connectivity index (χ1v) is 9.23. The molecule has 1 heterocycles. The zero-order valence-electron chi connectivity index (χ0n) is 15.7. The molecule has 3 N–H and O–H groups in total. The second kappa shape index (κ2) is 7.00. The number of aliphatic hydroxyl groups is 1. The predicted octanol–water partition coefficient (Wildman–Crippen LogP) is 1.43. The fourth-order valence-corrected chi connectivity index (χ4v) is 5.07. The average molecular weight is 360 g/mol. The van der Waals surface area contributed by atoms with Crippen LogP contribution in [-0.2, 0) is 15.0 Å². The molecule has 0 radical (unpaired) electrons. The van der Waals surface area contributed by atoms with E-state index in [-0.39, 0.29) is 17.9 Å². The van der Waals surface area contributed by atoms with Gasteiger partial charge in [-0.2, -0.15) is 0 Å². The van der Waals surface area contributed by atoms with E-state index >= 15 is 0 Å². The Balaban J connectivity index is 2.12. The fraction of sp³-hybridized carbons (Fsp3) is 0.600. The maximum absolute atomic E-state index is 12.4. The number of ether oxygens (including phenoxy) is 1. The number of fused-ring (bicyclic) bond motifs is 1. The maximum Gasteiger partial charge on any atom is 0.229 e. The number of piperidine rings is 1. The fourth-order valence-electron chi connectivity index (χ4n) is 5.07. The van der Waals surface area contributed by atoms with Crippen molar-refractivity contribution in [2.45, 2.75) is 56.6 Å². The number of nitrogens with one attached hydrogen (secondary N) is 2. The van der Waals surface area contributed by atoms with Gasteiger partial charge in [-0.15, -0.1) is 0 Å². The predicted molar refractivity (Wildman–Crippen MR) is 98.0 cm³/mol. The van der Waals surface area contributed by atoms with Crippen LogP contribution in [0.15, 0.2) is 18.2 Å². The third kappa shape index (κ3) is 2.81. The molecule has 1 aliphatic carbocycles. The van der Waals surface area contributed by atoms with Gasteiger partial charge in [0.2, 0.25) is 12.3 Å². The molecule has 6 nitrogen and oxygen atoms in total. The number of benzene rings is 1. The van der Waals surface area contributed by atoms with Crippen LogP contribution in [0.2, 0.25) is 0 Å². The van der Waals surface area contributed by atoms with Crippen molar-refractivity contribution in [1.82, 2.24) is 10.6 Å². The molecule has 1 aromatic carbocycles. The maximum atomic E-state index is 12.4. The first-order valence-electron chi connectivity index (χ1n) is 9.23. The molecule has 2 aliphatic rings. The van der Waals surface area contributed by atoms with Crippen LogP contribution in [0.25, 0.3) is 0 Å². The number of carbonyl (C=O) groups excluding carboxylic acids is 2. The monoisotopic (exact) mass is 360 g/mol. The number of aryl methyl sites for hydroxylation is 1. The first kappa shape index (κ1) is 18.9. The van der Waals surface area contributed by atoms with Crippen molar-refractivity contribution in [2.75, 3.05) is 13.7 Å². The number of hydrogen-bond acceptors (Lipinski definition) is 5. The molecule has 1 aromatic rings. The summed E-state index contributed by atoms with van der Waals surface area (Å²) in [7, 11) is 1.63. The Morgan fingerprint density at radius 2 is 2.19 bits per heavy atom. The molecule has 1 saturated heterocycles. The van der Waals surface area contributed by atoms with Crippen LogP contribution in [0.4, 0.5) is 0 Å². The average Bonchev–Trinajstić information content (AvgIpc) is 2.63. The van der Waals surface area contributed by atoms with E-state index in [0.717, 1.165) is 29.8 Å². The molecule has 4 atom stereocenters. The van der Waals surface area contributed by atoms with Gasteiger partial charge in [0.15, 0.2) is 0 Å².